The van der Waals surface area contributed by atoms with Crippen molar-refractivity contribution in [3.8, 4) is 5.75 Å². The molecule has 0 fully saturated rings. The fourth-order valence-electron chi connectivity index (χ4n) is 1.66. The molecule has 1 rings (SSSR count). The smallest absolute Gasteiger partial charge is 0.251 e. The molecule has 0 unspecified atom stereocenters. The van der Waals surface area contributed by atoms with Crippen LogP contribution in [0.1, 0.15) is 23.7 Å². The molecule has 1 aromatic rings. The van der Waals surface area contributed by atoms with E-state index >= 15 is 0 Å². The lowest BCUT2D eigenvalue weighted by atomic mass is 10.2. The summed E-state index contributed by atoms with van der Waals surface area (Å²) in [5, 5.41) is 8.48. The molecule has 0 atom stereocenters. The quantitative estimate of drug-likeness (QED) is 0.590. The molecule has 3 N–H and O–H groups in total. The van der Waals surface area contributed by atoms with E-state index in [1.54, 1.807) is 31.4 Å². The van der Waals surface area contributed by atoms with E-state index in [4.69, 9.17) is 4.74 Å². The Balaban J connectivity index is 0.00000441. The molecule has 0 aliphatic heterocycles. The normalized spacial score (nSPS) is 9.55. The third-order valence-corrected chi connectivity index (χ3v) is 2.81. The molecule has 6 nitrogen and oxygen atoms in total. The molecule has 0 radical (unpaired) electrons. The largest absolute Gasteiger partial charge is 0.497 e. The molecule has 1 aromatic carbocycles. The predicted molar refractivity (Wildman–Crippen MR) is 88.7 cm³/mol. The molecule has 0 spiro atoms. The van der Waals surface area contributed by atoms with Gasteiger partial charge in [0.25, 0.3) is 5.91 Å². The monoisotopic (exact) mass is 329 g/mol. The van der Waals surface area contributed by atoms with E-state index in [9.17, 15) is 9.59 Å². The minimum atomic E-state index is -0.281. The number of carbonyl (C=O) groups excluding carboxylic acids is 2. The molecular weight excluding hydrogens is 306 g/mol. The SMILES string of the molecule is CCCNCCNC(=O)CNC(=O)c1ccc(OC)cc1.Cl. The molecule has 0 aromatic heterocycles. The number of nitrogens with one attached hydrogen (secondary N) is 3. The van der Waals surface area contributed by atoms with Crippen LogP contribution in [0.4, 0.5) is 0 Å². The number of hydrogen-bond donors (Lipinski definition) is 3. The van der Waals surface area contributed by atoms with Crippen molar-refractivity contribution >= 4 is 24.2 Å². The molecule has 7 heteroatoms. The fourth-order valence-corrected chi connectivity index (χ4v) is 1.66. The van der Waals surface area contributed by atoms with E-state index in [0.717, 1.165) is 19.5 Å². The van der Waals surface area contributed by atoms with Crippen molar-refractivity contribution in [1.82, 2.24) is 16.0 Å². The number of halogens is 1. The summed E-state index contributed by atoms with van der Waals surface area (Å²) in [5.41, 5.74) is 0.494. The van der Waals surface area contributed by atoms with Crippen molar-refractivity contribution in [3.63, 3.8) is 0 Å². The van der Waals surface area contributed by atoms with E-state index in [0.29, 0.717) is 17.9 Å². The van der Waals surface area contributed by atoms with Gasteiger partial charge >= 0.3 is 0 Å². The Labute approximate surface area is 137 Å². The number of rotatable bonds is 9. The summed E-state index contributed by atoms with van der Waals surface area (Å²) in [4.78, 5) is 23.4. The van der Waals surface area contributed by atoms with Gasteiger partial charge in [0.2, 0.25) is 5.91 Å². The Hall–Kier alpha value is -1.79. The highest BCUT2D eigenvalue weighted by atomic mass is 35.5. The van der Waals surface area contributed by atoms with Gasteiger partial charge in [-0.3, -0.25) is 9.59 Å². The van der Waals surface area contributed by atoms with E-state index < -0.39 is 0 Å². The van der Waals surface area contributed by atoms with Crippen LogP contribution in [0.2, 0.25) is 0 Å². The van der Waals surface area contributed by atoms with Crippen LogP contribution < -0.4 is 20.7 Å². The topological polar surface area (TPSA) is 79.5 Å². The van der Waals surface area contributed by atoms with Gasteiger partial charge in [0.05, 0.1) is 13.7 Å². The maximum absolute atomic E-state index is 11.8. The minimum absolute atomic E-state index is 0. The molecule has 22 heavy (non-hydrogen) atoms. The van der Waals surface area contributed by atoms with Crippen molar-refractivity contribution in [2.45, 2.75) is 13.3 Å². The second-order valence-electron chi connectivity index (χ2n) is 4.51. The number of carbonyl (C=O) groups is 2. The summed E-state index contributed by atoms with van der Waals surface area (Å²) in [5.74, 6) is 0.205. The Morgan fingerprint density at radius 2 is 1.73 bits per heavy atom. The van der Waals surface area contributed by atoms with E-state index in [2.05, 4.69) is 22.9 Å². The summed E-state index contributed by atoms with van der Waals surface area (Å²) in [7, 11) is 1.56. The molecule has 0 saturated carbocycles. The van der Waals surface area contributed by atoms with Crippen LogP contribution in [0.15, 0.2) is 24.3 Å². The van der Waals surface area contributed by atoms with Crippen molar-refractivity contribution in [1.29, 1.82) is 0 Å². The van der Waals surface area contributed by atoms with Gasteiger partial charge in [-0.15, -0.1) is 12.4 Å². The summed E-state index contributed by atoms with van der Waals surface area (Å²) >= 11 is 0. The summed E-state index contributed by atoms with van der Waals surface area (Å²) in [6.45, 7) is 4.27. The maximum atomic E-state index is 11.8. The first-order valence-corrected chi connectivity index (χ1v) is 7.07. The van der Waals surface area contributed by atoms with Gasteiger partial charge in [-0.05, 0) is 37.2 Å². The summed E-state index contributed by atoms with van der Waals surface area (Å²) in [6, 6.07) is 6.71. The highest BCUT2D eigenvalue weighted by Gasteiger charge is 2.07. The second kappa shape index (κ2) is 11.8. The van der Waals surface area contributed by atoms with Gasteiger partial charge in [0, 0.05) is 18.7 Å². The van der Waals surface area contributed by atoms with Crippen LogP contribution in [-0.2, 0) is 4.79 Å². The van der Waals surface area contributed by atoms with Crippen molar-refractivity contribution in [3.05, 3.63) is 29.8 Å². The molecule has 0 aliphatic carbocycles. The highest BCUT2D eigenvalue weighted by molar-refractivity contribution is 5.96. The first-order chi connectivity index (χ1) is 10.2. The number of benzene rings is 1. The van der Waals surface area contributed by atoms with Crippen molar-refractivity contribution in [2.75, 3.05) is 33.3 Å². The predicted octanol–water partition coefficient (Wildman–Crippen LogP) is 0.963. The maximum Gasteiger partial charge on any atom is 0.251 e. The number of amides is 2. The van der Waals surface area contributed by atoms with Gasteiger partial charge < -0.3 is 20.7 Å². The number of methoxy groups -OCH3 is 1. The van der Waals surface area contributed by atoms with Gasteiger partial charge in [-0.1, -0.05) is 6.92 Å². The Morgan fingerprint density at radius 1 is 1.05 bits per heavy atom. The van der Waals surface area contributed by atoms with Crippen LogP contribution in [0.3, 0.4) is 0 Å². The van der Waals surface area contributed by atoms with Gasteiger partial charge in [-0.2, -0.15) is 0 Å². The van der Waals surface area contributed by atoms with Crippen LogP contribution in [0.25, 0.3) is 0 Å². The molecule has 0 bridgehead atoms. The lowest BCUT2D eigenvalue weighted by Gasteiger charge is -2.08. The first-order valence-electron chi connectivity index (χ1n) is 7.07. The molecule has 2 amide bonds. The molecule has 0 saturated heterocycles. The third-order valence-electron chi connectivity index (χ3n) is 2.81. The van der Waals surface area contributed by atoms with Crippen LogP contribution >= 0.6 is 12.4 Å². The zero-order valence-electron chi connectivity index (χ0n) is 13.0. The highest BCUT2D eigenvalue weighted by Crippen LogP contribution is 2.10. The standard InChI is InChI=1S/C15H23N3O3.ClH/c1-3-8-16-9-10-17-14(19)11-18-15(20)12-4-6-13(21-2)7-5-12;/h4-7,16H,3,8-11H2,1-2H3,(H,17,19)(H,18,20);1H. The summed E-state index contributed by atoms with van der Waals surface area (Å²) in [6.07, 6.45) is 1.06. The van der Waals surface area contributed by atoms with E-state index in [1.165, 1.54) is 0 Å². The lowest BCUT2D eigenvalue weighted by Crippen LogP contribution is -2.39. The number of hydrogen-bond acceptors (Lipinski definition) is 4. The average Bonchev–Trinajstić information content (AvgIpc) is 2.52. The Bertz CT molecular complexity index is 452. The fraction of sp³-hybridized carbons (Fsp3) is 0.467. The van der Waals surface area contributed by atoms with Gasteiger partial charge in [-0.25, -0.2) is 0 Å². The van der Waals surface area contributed by atoms with Crippen LogP contribution in [-0.4, -0.2) is 45.1 Å². The van der Waals surface area contributed by atoms with Crippen LogP contribution in [0, 0.1) is 0 Å². The first kappa shape index (κ1) is 20.2. The van der Waals surface area contributed by atoms with Gasteiger partial charge in [0.15, 0.2) is 0 Å². The zero-order valence-corrected chi connectivity index (χ0v) is 13.8. The van der Waals surface area contributed by atoms with Crippen LogP contribution in [0.5, 0.6) is 5.75 Å². The van der Waals surface area contributed by atoms with E-state index in [-0.39, 0.29) is 30.8 Å². The van der Waals surface area contributed by atoms with Crippen molar-refractivity contribution < 1.29 is 14.3 Å². The van der Waals surface area contributed by atoms with E-state index in [1.807, 2.05) is 0 Å². The number of ether oxygens (including phenoxy) is 1. The second-order valence-corrected chi connectivity index (χ2v) is 4.51. The Kier molecular flexibility index (Phi) is 10.9. The molecule has 124 valence electrons. The van der Waals surface area contributed by atoms with Crippen molar-refractivity contribution in [2.24, 2.45) is 0 Å². The molecule has 0 heterocycles. The third kappa shape index (κ3) is 7.85. The average molecular weight is 330 g/mol. The van der Waals surface area contributed by atoms with Gasteiger partial charge in [0.1, 0.15) is 5.75 Å². The Morgan fingerprint density at radius 3 is 2.32 bits per heavy atom. The molecular formula is C15H24ClN3O3. The lowest BCUT2D eigenvalue weighted by molar-refractivity contribution is -0.120. The summed E-state index contributed by atoms with van der Waals surface area (Å²) < 4.78 is 5.02. The molecule has 0 aliphatic rings. The minimum Gasteiger partial charge on any atom is -0.497 e. The zero-order chi connectivity index (χ0) is 15.5.